The summed E-state index contributed by atoms with van der Waals surface area (Å²) in [5, 5.41) is 32.7. The van der Waals surface area contributed by atoms with Gasteiger partial charge in [0.2, 0.25) is 0 Å². The number of alkyl halides is 5. The van der Waals surface area contributed by atoms with Crippen molar-refractivity contribution in [1.29, 1.82) is 0 Å². The molecule has 2 aliphatic carbocycles. The normalized spacial score (nSPS) is 35.4. The van der Waals surface area contributed by atoms with E-state index in [1.165, 1.54) is 6.08 Å². The summed E-state index contributed by atoms with van der Waals surface area (Å²) in [4.78, 5) is 0. The molecule has 0 bridgehead atoms. The van der Waals surface area contributed by atoms with E-state index in [1.54, 1.807) is 0 Å². The van der Waals surface area contributed by atoms with Crippen molar-refractivity contribution >= 4 is 0 Å². The predicted octanol–water partition coefficient (Wildman–Crippen LogP) is 1.97. The molecule has 158 valence electrons. The van der Waals surface area contributed by atoms with Gasteiger partial charge in [0.1, 0.15) is 18.3 Å². The van der Waals surface area contributed by atoms with Gasteiger partial charge in [0.05, 0.1) is 18.6 Å². The SMILES string of the molecule is O[C@@H]1[C@@H](O)[C@@H](O)C(COC(F)F)=C[C@H]1NCCC1CCC(C(F)(F)F)CC1. The zero-order valence-electron chi connectivity index (χ0n) is 14.7. The van der Waals surface area contributed by atoms with Crippen molar-refractivity contribution < 1.29 is 42.0 Å². The average molecular weight is 403 g/mol. The van der Waals surface area contributed by atoms with Crippen LogP contribution in [0.5, 0.6) is 0 Å². The Morgan fingerprint density at radius 1 is 1.07 bits per heavy atom. The third-order valence-electron chi connectivity index (χ3n) is 5.43. The lowest BCUT2D eigenvalue weighted by atomic mass is 9.80. The van der Waals surface area contributed by atoms with Gasteiger partial charge in [0.25, 0.3) is 0 Å². The number of halogens is 5. The largest absolute Gasteiger partial charge is 0.391 e. The fraction of sp³-hybridized carbons (Fsp3) is 0.882. The Bertz CT molecular complexity index is 494. The maximum absolute atomic E-state index is 12.7. The molecule has 0 spiro atoms. The van der Waals surface area contributed by atoms with Gasteiger partial charge in [-0.05, 0) is 50.1 Å². The maximum atomic E-state index is 12.7. The zero-order chi connectivity index (χ0) is 20.2. The Hall–Kier alpha value is -0.810. The smallest absolute Gasteiger partial charge is 0.388 e. The lowest BCUT2D eigenvalue weighted by molar-refractivity contribution is -0.184. The highest BCUT2D eigenvalue weighted by atomic mass is 19.4. The Kier molecular flexibility index (Phi) is 7.99. The van der Waals surface area contributed by atoms with Crippen LogP contribution < -0.4 is 5.32 Å². The molecule has 0 aromatic heterocycles. The minimum Gasteiger partial charge on any atom is -0.388 e. The van der Waals surface area contributed by atoms with Crippen LogP contribution in [0.1, 0.15) is 32.1 Å². The van der Waals surface area contributed by atoms with Gasteiger partial charge in [-0.3, -0.25) is 0 Å². The van der Waals surface area contributed by atoms with Gasteiger partial charge in [-0.15, -0.1) is 0 Å². The molecule has 0 heterocycles. The zero-order valence-corrected chi connectivity index (χ0v) is 14.7. The van der Waals surface area contributed by atoms with Gasteiger partial charge in [0.15, 0.2) is 0 Å². The van der Waals surface area contributed by atoms with E-state index in [4.69, 9.17) is 0 Å². The summed E-state index contributed by atoms with van der Waals surface area (Å²) < 4.78 is 66.5. The van der Waals surface area contributed by atoms with Crippen LogP contribution in [0, 0.1) is 11.8 Å². The van der Waals surface area contributed by atoms with Crippen molar-refractivity contribution in [3.8, 4) is 0 Å². The maximum Gasteiger partial charge on any atom is 0.391 e. The average Bonchev–Trinajstić information content (AvgIpc) is 2.60. The van der Waals surface area contributed by atoms with Crippen LogP contribution in [0.4, 0.5) is 22.0 Å². The molecule has 0 aromatic carbocycles. The highest BCUT2D eigenvalue weighted by molar-refractivity contribution is 5.21. The molecule has 27 heavy (non-hydrogen) atoms. The standard InChI is InChI=1S/C17H26F5NO4/c18-16(19)27-8-10-7-12(14(25)15(26)13(10)24)23-6-5-9-1-3-11(4-2-9)17(20,21)22/h7,9,11-16,23-26H,1-6,8H2/t9?,11?,12-,13+,14+,15+/m1/s1. The van der Waals surface area contributed by atoms with Crippen molar-refractivity contribution in [2.75, 3.05) is 13.2 Å². The molecule has 2 rings (SSSR count). The summed E-state index contributed by atoms with van der Waals surface area (Å²) in [5.74, 6) is -1.10. The van der Waals surface area contributed by atoms with Crippen LogP contribution in [0.25, 0.3) is 0 Å². The van der Waals surface area contributed by atoms with Crippen molar-refractivity contribution in [1.82, 2.24) is 5.32 Å². The molecule has 1 saturated carbocycles. The van der Waals surface area contributed by atoms with Gasteiger partial charge in [0, 0.05) is 0 Å². The topological polar surface area (TPSA) is 82.0 Å². The van der Waals surface area contributed by atoms with Crippen LogP contribution >= 0.6 is 0 Å². The van der Waals surface area contributed by atoms with E-state index < -0.39 is 49.7 Å². The Labute approximate surface area is 154 Å². The van der Waals surface area contributed by atoms with E-state index in [2.05, 4.69) is 10.1 Å². The van der Waals surface area contributed by atoms with Crippen molar-refractivity contribution in [2.24, 2.45) is 11.8 Å². The van der Waals surface area contributed by atoms with E-state index in [-0.39, 0.29) is 24.3 Å². The van der Waals surface area contributed by atoms with E-state index in [1.807, 2.05) is 0 Å². The molecular weight excluding hydrogens is 377 g/mol. The Morgan fingerprint density at radius 2 is 1.70 bits per heavy atom. The summed E-state index contributed by atoms with van der Waals surface area (Å²) in [6, 6.07) is -0.772. The van der Waals surface area contributed by atoms with Crippen LogP contribution in [-0.4, -0.2) is 65.6 Å². The van der Waals surface area contributed by atoms with E-state index >= 15 is 0 Å². The molecule has 0 radical (unpaired) electrons. The second-order valence-corrected chi connectivity index (χ2v) is 7.27. The highest BCUT2D eigenvalue weighted by Crippen LogP contribution is 2.40. The molecule has 1 fully saturated rings. The second kappa shape index (κ2) is 9.60. The fourth-order valence-electron chi connectivity index (χ4n) is 3.75. The first kappa shape index (κ1) is 22.5. The molecule has 0 amide bonds. The highest BCUT2D eigenvalue weighted by Gasteiger charge is 2.41. The first-order valence-corrected chi connectivity index (χ1v) is 9.04. The van der Waals surface area contributed by atoms with E-state index in [9.17, 15) is 37.3 Å². The summed E-state index contributed by atoms with van der Waals surface area (Å²) in [5.41, 5.74) is 0.0382. The van der Waals surface area contributed by atoms with Gasteiger partial charge in [-0.1, -0.05) is 6.08 Å². The number of aliphatic hydroxyl groups is 3. The monoisotopic (exact) mass is 403 g/mol. The Balaban J connectivity index is 1.81. The van der Waals surface area contributed by atoms with Gasteiger partial charge in [-0.25, -0.2) is 0 Å². The number of hydrogen-bond acceptors (Lipinski definition) is 5. The van der Waals surface area contributed by atoms with Crippen LogP contribution in [-0.2, 0) is 4.74 Å². The fourth-order valence-corrected chi connectivity index (χ4v) is 3.75. The summed E-state index contributed by atoms with van der Waals surface area (Å²) in [7, 11) is 0. The third kappa shape index (κ3) is 6.35. The molecule has 4 atom stereocenters. The number of rotatable bonds is 7. The molecule has 0 saturated heterocycles. The minimum absolute atomic E-state index is 0.0382. The minimum atomic E-state index is -4.14. The van der Waals surface area contributed by atoms with E-state index in [0.717, 1.165) is 0 Å². The molecule has 0 unspecified atom stereocenters. The van der Waals surface area contributed by atoms with Crippen molar-refractivity contribution in [2.45, 2.75) is 69.2 Å². The lowest BCUT2D eigenvalue weighted by Crippen LogP contribution is -2.54. The lowest BCUT2D eigenvalue weighted by Gasteiger charge is -2.35. The number of hydrogen-bond donors (Lipinski definition) is 4. The second-order valence-electron chi connectivity index (χ2n) is 7.27. The molecule has 5 nitrogen and oxygen atoms in total. The summed E-state index contributed by atoms with van der Waals surface area (Å²) in [6.45, 7) is -3.23. The van der Waals surface area contributed by atoms with Gasteiger partial charge >= 0.3 is 12.8 Å². The first-order chi connectivity index (χ1) is 12.6. The molecule has 0 aliphatic heterocycles. The van der Waals surface area contributed by atoms with Gasteiger partial charge in [-0.2, -0.15) is 22.0 Å². The van der Waals surface area contributed by atoms with Crippen LogP contribution in [0.15, 0.2) is 11.6 Å². The van der Waals surface area contributed by atoms with Crippen molar-refractivity contribution in [3.05, 3.63) is 11.6 Å². The van der Waals surface area contributed by atoms with Gasteiger partial charge < -0.3 is 25.4 Å². The molecular formula is C17H26F5NO4. The quantitative estimate of drug-likeness (QED) is 0.386. The van der Waals surface area contributed by atoms with Crippen molar-refractivity contribution in [3.63, 3.8) is 0 Å². The first-order valence-electron chi connectivity index (χ1n) is 9.04. The summed E-state index contributed by atoms with van der Waals surface area (Å²) >= 11 is 0. The molecule has 4 N–H and O–H groups in total. The summed E-state index contributed by atoms with van der Waals surface area (Å²) in [6.07, 6.45) is -5.41. The van der Waals surface area contributed by atoms with E-state index in [0.29, 0.717) is 25.8 Å². The van der Waals surface area contributed by atoms with Crippen LogP contribution in [0.3, 0.4) is 0 Å². The number of aliphatic hydroxyl groups excluding tert-OH is 3. The molecule has 10 heteroatoms. The Morgan fingerprint density at radius 3 is 2.26 bits per heavy atom. The third-order valence-corrected chi connectivity index (χ3v) is 5.43. The molecule has 0 aromatic rings. The predicted molar refractivity (Wildman–Crippen MR) is 86.0 cm³/mol. The van der Waals surface area contributed by atoms with Crippen LogP contribution in [0.2, 0.25) is 0 Å². The molecule has 2 aliphatic rings. The number of nitrogens with one attached hydrogen (secondary N) is 1. The number of ether oxygens (including phenoxy) is 1.